The second-order valence-corrected chi connectivity index (χ2v) is 6.37. The largest absolute Gasteiger partial charge is 0.494 e. The number of ether oxygens (including phenoxy) is 2. The number of rotatable bonds is 8. The van der Waals surface area contributed by atoms with E-state index >= 15 is 0 Å². The number of hydrogen-bond acceptors (Lipinski definition) is 6. The number of tetrazole rings is 1. The van der Waals surface area contributed by atoms with E-state index in [1.54, 1.807) is 28.9 Å². The van der Waals surface area contributed by atoms with Crippen LogP contribution in [0.15, 0.2) is 53.0 Å². The molecule has 140 valence electrons. The molecule has 0 fully saturated rings. The van der Waals surface area contributed by atoms with Crippen molar-refractivity contribution in [2.24, 2.45) is 0 Å². The van der Waals surface area contributed by atoms with Crippen LogP contribution < -0.4 is 14.8 Å². The van der Waals surface area contributed by atoms with Crippen LogP contribution in [-0.4, -0.2) is 39.3 Å². The molecule has 3 aromatic rings. The molecule has 1 N–H and O–H groups in total. The lowest BCUT2D eigenvalue weighted by Gasteiger charge is -2.09. The van der Waals surface area contributed by atoms with Crippen molar-refractivity contribution in [3.63, 3.8) is 0 Å². The standard InChI is InChI=1S/C18H18BrN5O3/c1-2-26-15-7-9-16(10-8-15)27-12-18(25)20-11-17-21-22-23-24(17)14-5-3-13(19)4-6-14/h3-10H,2,11-12H2,1H3,(H,20,25). The lowest BCUT2D eigenvalue weighted by molar-refractivity contribution is -0.123. The minimum absolute atomic E-state index is 0.103. The van der Waals surface area contributed by atoms with Crippen LogP contribution in [0.5, 0.6) is 11.5 Å². The number of amides is 1. The van der Waals surface area contributed by atoms with Crippen LogP contribution in [0.2, 0.25) is 0 Å². The van der Waals surface area contributed by atoms with Crippen molar-refractivity contribution in [2.75, 3.05) is 13.2 Å². The third kappa shape index (κ3) is 5.27. The van der Waals surface area contributed by atoms with Crippen LogP contribution in [0.4, 0.5) is 0 Å². The topological polar surface area (TPSA) is 91.2 Å². The van der Waals surface area contributed by atoms with E-state index in [4.69, 9.17) is 9.47 Å². The number of nitrogens with one attached hydrogen (secondary N) is 1. The van der Waals surface area contributed by atoms with Crippen LogP contribution >= 0.6 is 15.9 Å². The normalized spacial score (nSPS) is 10.4. The summed E-state index contributed by atoms with van der Waals surface area (Å²) in [6.07, 6.45) is 0. The lowest BCUT2D eigenvalue weighted by atomic mass is 10.3. The molecular weight excluding hydrogens is 414 g/mol. The van der Waals surface area contributed by atoms with Gasteiger partial charge in [0.15, 0.2) is 12.4 Å². The van der Waals surface area contributed by atoms with Gasteiger partial charge in [0.1, 0.15) is 11.5 Å². The molecule has 0 aliphatic rings. The van der Waals surface area contributed by atoms with E-state index in [-0.39, 0.29) is 19.1 Å². The Kier molecular flexibility index (Phi) is 6.37. The molecule has 0 saturated carbocycles. The summed E-state index contributed by atoms with van der Waals surface area (Å²) in [5.74, 6) is 1.60. The van der Waals surface area contributed by atoms with Gasteiger partial charge in [0.25, 0.3) is 5.91 Å². The number of benzene rings is 2. The molecule has 0 saturated heterocycles. The number of carbonyl (C=O) groups excluding carboxylic acids is 1. The third-order valence-corrected chi connectivity index (χ3v) is 4.08. The summed E-state index contributed by atoms with van der Waals surface area (Å²) in [7, 11) is 0. The molecule has 0 aliphatic heterocycles. The van der Waals surface area contributed by atoms with Crippen molar-refractivity contribution < 1.29 is 14.3 Å². The summed E-state index contributed by atoms with van der Waals surface area (Å²) in [5, 5.41) is 14.3. The van der Waals surface area contributed by atoms with Gasteiger partial charge < -0.3 is 14.8 Å². The number of nitrogens with zero attached hydrogens (tertiary/aromatic N) is 4. The van der Waals surface area contributed by atoms with Gasteiger partial charge in [0.05, 0.1) is 18.8 Å². The Labute approximate surface area is 164 Å². The van der Waals surface area contributed by atoms with Gasteiger partial charge >= 0.3 is 0 Å². The SMILES string of the molecule is CCOc1ccc(OCC(=O)NCc2nnnn2-c2ccc(Br)cc2)cc1. The average Bonchev–Trinajstić information content (AvgIpc) is 3.15. The molecule has 27 heavy (non-hydrogen) atoms. The minimum atomic E-state index is -0.269. The molecule has 0 unspecified atom stereocenters. The zero-order valence-electron chi connectivity index (χ0n) is 14.6. The second-order valence-electron chi connectivity index (χ2n) is 5.45. The van der Waals surface area contributed by atoms with Crippen LogP contribution in [-0.2, 0) is 11.3 Å². The Bertz CT molecular complexity index is 881. The zero-order chi connectivity index (χ0) is 19.1. The molecule has 0 aliphatic carbocycles. The van der Waals surface area contributed by atoms with Gasteiger partial charge in [-0.2, -0.15) is 4.68 Å². The van der Waals surface area contributed by atoms with Gasteiger partial charge in [-0.05, 0) is 65.9 Å². The molecule has 0 radical (unpaired) electrons. The Morgan fingerprint density at radius 1 is 1.07 bits per heavy atom. The zero-order valence-corrected chi connectivity index (χ0v) is 16.2. The maximum absolute atomic E-state index is 12.0. The Morgan fingerprint density at radius 3 is 2.41 bits per heavy atom. The van der Waals surface area contributed by atoms with Crippen molar-refractivity contribution in [3.8, 4) is 17.2 Å². The molecule has 0 spiro atoms. The molecule has 1 heterocycles. The quantitative estimate of drug-likeness (QED) is 0.588. The van der Waals surface area contributed by atoms with Gasteiger partial charge in [-0.25, -0.2) is 0 Å². The first kappa shape index (κ1) is 18.8. The Hall–Kier alpha value is -2.94. The van der Waals surface area contributed by atoms with Crippen molar-refractivity contribution in [3.05, 3.63) is 58.8 Å². The maximum atomic E-state index is 12.0. The molecular formula is C18H18BrN5O3. The fourth-order valence-corrected chi connectivity index (χ4v) is 2.54. The first-order chi connectivity index (χ1) is 13.2. The highest BCUT2D eigenvalue weighted by Gasteiger charge is 2.10. The van der Waals surface area contributed by atoms with Gasteiger partial charge in [-0.1, -0.05) is 15.9 Å². The molecule has 0 bridgehead atoms. The Balaban J connectivity index is 1.51. The molecule has 2 aromatic carbocycles. The number of hydrogen-bond donors (Lipinski definition) is 1. The van der Waals surface area contributed by atoms with E-state index in [9.17, 15) is 4.79 Å². The van der Waals surface area contributed by atoms with Crippen molar-refractivity contribution >= 4 is 21.8 Å². The summed E-state index contributed by atoms with van der Waals surface area (Å²) in [6.45, 7) is 2.60. The monoisotopic (exact) mass is 431 g/mol. The third-order valence-electron chi connectivity index (χ3n) is 3.55. The van der Waals surface area contributed by atoms with Crippen molar-refractivity contribution in [1.82, 2.24) is 25.5 Å². The van der Waals surface area contributed by atoms with E-state index in [0.717, 1.165) is 15.9 Å². The van der Waals surface area contributed by atoms with Crippen LogP contribution in [0, 0.1) is 0 Å². The van der Waals surface area contributed by atoms with Crippen molar-refractivity contribution in [1.29, 1.82) is 0 Å². The van der Waals surface area contributed by atoms with E-state index in [1.165, 1.54) is 0 Å². The molecule has 3 rings (SSSR count). The first-order valence-corrected chi connectivity index (χ1v) is 9.10. The summed E-state index contributed by atoms with van der Waals surface area (Å²) in [6, 6.07) is 14.6. The highest BCUT2D eigenvalue weighted by Crippen LogP contribution is 2.17. The van der Waals surface area contributed by atoms with E-state index in [1.807, 2.05) is 31.2 Å². The summed E-state index contributed by atoms with van der Waals surface area (Å²) in [5.41, 5.74) is 0.804. The number of aromatic nitrogens is 4. The maximum Gasteiger partial charge on any atom is 0.258 e. The highest BCUT2D eigenvalue weighted by atomic mass is 79.9. The number of halogens is 1. The van der Waals surface area contributed by atoms with Crippen molar-refractivity contribution in [2.45, 2.75) is 13.5 Å². The average molecular weight is 432 g/mol. The predicted octanol–water partition coefficient (Wildman–Crippen LogP) is 2.52. The molecule has 1 aromatic heterocycles. The smallest absolute Gasteiger partial charge is 0.258 e. The fourth-order valence-electron chi connectivity index (χ4n) is 2.28. The van der Waals surface area contributed by atoms with Crippen LogP contribution in [0.1, 0.15) is 12.7 Å². The van der Waals surface area contributed by atoms with Gasteiger partial charge in [0, 0.05) is 4.47 Å². The highest BCUT2D eigenvalue weighted by molar-refractivity contribution is 9.10. The molecule has 1 amide bonds. The fraction of sp³-hybridized carbons (Fsp3) is 0.222. The lowest BCUT2D eigenvalue weighted by Crippen LogP contribution is -2.29. The summed E-state index contributed by atoms with van der Waals surface area (Å²) >= 11 is 3.39. The second kappa shape index (κ2) is 9.13. The van der Waals surface area contributed by atoms with Crippen LogP contribution in [0.25, 0.3) is 5.69 Å². The Morgan fingerprint density at radius 2 is 1.74 bits per heavy atom. The summed E-state index contributed by atoms with van der Waals surface area (Å²) < 4.78 is 13.4. The van der Waals surface area contributed by atoms with E-state index < -0.39 is 0 Å². The minimum Gasteiger partial charge on any atom is -0.494 e. The summed E-state index contributed by atoms with van der Waals surface area (Å²) in [4.78, 5) is 12.0. The molecule has 0 atom stereocenters. The van der Waals surface area contributed by atoms with Gasteiger partial charge in [-0.3, -0.25) is 4.79 Å². The first-order valence-electron chi connectivity index (χ1n) is 8.31. The van der Waals surface area contributed by atoms with Gasteiger partial charge in [-0.15, -0.1) is 5.10 Å². The molecule has 8 nitrogen and oxygen atoms in total. The van der Waals surface area contributed by atoms with E-state index in [2.05, 4.69) is 36.8 Å². The van der Waals surface area contributed by atoms with Gasteiger partial charge in [0.2, 0.25) is 0 Å². The predicted molar refractivity (Wildman–Crippen MR) is 102 cm³/mol. The number of carbonyl (C=O) groups is 1. The van der Waals surface area contributed by atoms with Crippen LogP contribution in [0.3, 0.4) is 0 Å². The van der Waals surface area contributed by atoms with E-state index in [0.29, 0.717) is 18.2 Å². The molecule has 9 heteroatoms.